The van der Waals surface area contributed by atoms with Crippen LogP contribution in [0.1, 0.15) is 67.2 Å². The number of nitrogens with one attached hydrogen (secondary N) is 1. The molecule has 0 saturated carbocycles. The molecule has 35 heavy (non-hydrogen) atoms. The van der Waals surface area contributed by atoms with Gasteiger partial charge in [0.15, 0.2) is 0 Å². The first-order valence-corrected chi connectivity index (χ1v) is 15.9. The van der Waals surface area contributed by atoms with Gasteiger partial charge in [-0.3, -0.25) is 9.11 Å². The fourth-order valence-corrected chi connectivity index (χ4v) is 7.47. The second kappa shape index (κ2) is 14.9. The molecular weight excluding hydrogens is 458 g/mol. The van der Waals surface area contributed by atoms with Crippen molar-refractivity contribution < 1.29 is 9.00 Å². The number of amides is 2. The van der Waals surface area contributed by atoms with Crippen molar-refractivity contribution in [2.24, 2.45) is 11.3 Å². The predicted molar refractivity (Wildman–Crippen MR) is 150 cm³/mol. The Morgan fingerprint density at radius 1 is 0.943 bits per heavy atom. The summed E-state index contributed by atoms with van der Waals surface area (Å²) >= 11 is 0. The molecule has 0 bridgehead atoms. The van der Waals surface area contributed by atoms with Gasteiger partial charge in [0.1, 0.15) is 0 Å². The molecule has 0 radical (unpaired) electrons. The van der Waals surface area contributed by atoms with E-state index in [1.807, 2.05) is 37.5 Å². The quantitative estimate of drug-likeness (QED) is 0.583. The van der Waals surface area contributed by atoms with Gasteiger partial charge >= 0.3 is 6.03 Å². The maximum atomic E-state index is 12.2. The van der Waals surface area contributed by atoms with E-state index in [-0.39, 0.29) is 6.03 Å². The Kier molecular flexibility index (Phi) is 13.0. The van der Waals surface area contributed by atoms with E-state index >= 15 is 0 Å². The number of hydrogen-bond donors (Lipinski definition) is 1. The number of carbonyl (C=O) groups is 1. The number of hydrogen-bond acceptors (Lipinski definition) is 5. The van der Waals surface area contributed by atoms with E-state index in [9.17, 15) is 9.00 Å². The molecule has 5 heterocycles. The summed E-state index contributed by atoms with van der Waals surface area (Å²) in [6.45, 7) is 22.1. The Morgan fingerprint density at radius 2 is 1.60 bits per heavy atom. The summed E-state index contributed by atoms with van der Waals surface area (Å²) in [6, 6.07) is 1.32. The zero-order valence-electron chi connectivity index (χ0n) is 23.9. The third kappa shape index (κ3) is 8.41. The lowest BCUT2D eigenvalue weighted by atomic mass is 9.79. The monoisotopic (exact) mass is 513 g/mol. The number of carbonyl (C=O) groups excluding carboxylic acids is 1. The van der Waals surface area contributed by atoms with Gasteiger partial charge in [-0.15, -0.1) is 0 Å². The molecule has 0 aromatic carbocycles. The molecule has 0 aromatic heterocycles. The first-order valence-electron chi connectivity index (χ1n) is 14.4. The highest BCUT2D eigenvalue weighted by Crippen LogP contribution is 2.40. The molecule has 2 atom stereocenters. The van der Waals surface area contributed by atoms with Gasteiger partial charge in [-0.2, -0.15) is 0 Å². The SMILES string of the molecule is CC.CC.CC1CCN(C(=O)N2CCNCC2C)C1.CN1CC2(CCN(C3CCS(=O)CC3)C2)C1. The standard InChI is InChI=1S/C12H22N2OS.C11H21N3O.2C2H6/c1-13-8-12(9-13)4-5-14(10-12)11-2-6-16(15)7-3-11;1-9-3-5-13(8-9)11(15)14-6-4-12-7-10(14)2;2*1-2/h11H,2-10H2,1H3;9-10,12H,3-8H2,1-2H3;2*1-2H3. The van der Waals surface area contributed by atoms with E-state index in [0.717, 1.165) is 56.7 Å². The van der Waals surface area contributed by atoms with Crippen molar-refractivity contribution >= 4 is 16.8 Å². The third-order valence-electron chi connectivity index (χ3n) is 7.99. The Morgan fingerprint density at radius 3 is 2.14 bits per heavy atom. The lowest BCUT2D eigenvalue weighted by Gasteiger charge is -2.46. The van der Waals surface area contributed by atoms with Gasteiger partial charge in [0, 0.05) is 92.2 Å². The third-order valence-corrected chi connectivity index (χ3v) is 9.38. The Hall–Kier alpha value is -0.700. The van der Waals surface area contributed by atoms with Gasteiger partial charge < -0.3 is 20.0 Å². The molecule has 5 aliphatic heterocycles. The van der Waals surface area contributed by atoms with Crippen LogP contribution in [0.15, 0.2) is 0 Å². The minimum absolute atomic E-state index is 0.244. The normalized spacial score (nSPS) is 32.4. The number of piperazine rings is 1. The van der Waals surface area contributed by atoms with Crippen LogP contribution in [0.25, 0.3) is 0 Å². The van der Waals surface area contributed by atoms with Gasteiger partial charge in [-0.25, -0.2) is 4.79 Å². The van der Waals surface area contributed by atoms with Crippen LogP contribution >= 0.6 is 0 Å². The fourth-order valence-electron chi connectivity index (χ4n) is 6.20. The van der Waals surface area contributed by atoms with E-state index in [0.29, 0.717) is 17.4 Å². The molecular formula is C27H55N5O2S. The van der Waals surface area contributed by atoms with E-state index < -0.39 is 10.8 Å². The zero-order valence-corrected chi connectivity index (χ0v) is 24.7. The largest absolute Gasteiger partial charge is 0.324 e. The first kappa shape index (κ1) is 30.5. The van der Waals surface area contributed by atoms with Crippen molar-refractivity contribution in [2.45, 2.75) is 79.3 Å². The highest BCUT2D eigenvalue weighted by Gasteiger charge is 2.47. The van der Waals surface area contributed by atoms with E-state index in [4.69, 9.17) is 0 Å². The highest BCUT2D eigenvalue weighted by molar-refractivity contribution is 7.85. The Bertz CT molecular complexity index is 647. The van der Waals surface area contributed by atoms with Crippen molar-refractivity contribution in [3.05, 3.63) is 0 Å². The molecule has 1 N–H and O–H groups in total. The van der Waals surface area contributed by atoms with Crippen LogP contribution < -0.4 is 5.32 Å². The van der Waals surface area contributed by atoms with Crippen LogP contribution in [0.4, 0.5) is 4.79 Å². The maximum Gasteiger partial charge on any atom is 0.320 e. The van der Waals surface area contributed by atoms with Crippen LogP contribution in [0, 0.1) is 11.3 Å². The van der Waals surface area contributed by atoms with E-state index in [1.165, 1.54) is 45.4 Å². The molecule has 0 aromatic rings. The molecule has 0 aliphatic carbocycles. The molecule has 7 nitrogen and oxygen atoms in total. The van der Waals surface area contributed by atoms with Crippen molar-refractivity contribution in [1.82, 2.24) is 24.9 Å². The van der Waals surface area contributed by atoms with Crippen LogP contribution in [0.3, 0.4) is 0 Å². The van der Waals surface area contributed by atoms with Crippen molar-refractivity contribution in [1.29, 1.82) is 0 Å². The predicted octanol–water partition coefficient (Wildman–Crippen LogP) is 3.33. The summed E-state index contributed by atoms with van der Waals surface area (Å²) in [7, 11) is 1.71. The fraction of sp³-hybridized carbons (Fsp3) is 0.963. The molecule has 2 amide bonds. The molecule has 206 valence electrons. The highest BCUT2D eigenvalue weighted by atomic mass is 32.2. The van der Waals surface area contributed by atoms with Gasteiger partial charge in [-0.05, 0) is 52.1 Å². The van der Waals surface area contributed by atoms with Gasteiger partial charge in [0.2, 0.25) is 0 Å². The average molecular weight is 514 g/mol. The van der Waals surface area contributed by atoms with Gasteiger partial charge in [0.05, 0.1) is 0 Å². The number of rotatable bonds is 1. The molecule has 5 rings (SSSR count). The number of nitrogens with zero attached hydrogens (tertiary/aromatic N) is 4. The molecule has 2 unspecified atom stereocenters. The van der Waals surface area contributed by atoms with Crippen molar-refractivity contribution in [3.8, 4) is 0 Å². The molecule has 5 fully saturated rings. The van der Waals surface area contributed by atoms with Crippen LogP contribution in [-0.2, 0) is 10.8 Å². The van der Waals surface area contributed by atoms with Gasteiger partial charge in [0.25, 0.3) is 0 Å². The topological polar surface area (TPSA) is 59.1 Å². The molecule has 5 aliphatic rings. The summed E-state index contributed by atoms with van der Waals surface area (Å²) < 4.78 is 11.3. The lowest BCUT2D eigenvalue weighted by molar-refractivity contribution is 0.0259. The lowest BCUT2D eigenvalue weighted by Crippen LogP contribution is -2.56. The summed E-state index contributed by atoms with van der Waals surface area (Å²) in [5.41, 5.74) is 0.630. The second-order valence-corrected chi connectivity index (χ2v) is 12.5. The average Bonchev–Trinajstić information content (AvgIpc) is 3.50. The van der Waals surface area contributed by atoms with Crippen LogP contribution in [0.5, 0.6) is 0 Å². The molecule has 5 saturated heterocycles. The smallest absolute Gasteiger partial charge is 0.320 e. The zero-order chi connectivity index (χ0) is 26.0. The Labute approximate surface area is 218 Å². The van der Waals surface area contributed by atoms with Crippen LogP contribution in [-0.4, -0.2) is 119 Å². The maximum absolute atomic E-state index is 12.2. The first-order chi connectivity index (χ1) is 16.8. The summed E-state index contributed by atoms with van der Waals surface area (Å²) in [6.07, 6.45) is 4.88. The number of likely N-dealkylation sites (tertiary alicyclic amines) is 3. The number of urea groups is 1. The van der Waals surface area contributed by atoms with E-state index in [1.54, 1.807) is 0 Å². The second-order valence-electron chi connectivity index (χ2n) is 10.8. The molecule has 1 spiro atoms. The van der Waals surface area contributed by atoms with Crippen molar-refractivity contribution in [2.75, 3.05) is 77.5 Å². The van der Waals surface area contributed by atoms with Gasteiger partial charge in [-0.1, -0.05) is 34.6 Å². The minimum Gasteiger partial charge on any atom is -0.324 e. The molecule has 8 heteroatoms. The minimum atomic E-state index is -0.509. The van der Waals surface area contributed by atoms with Crippen molar-refractivity contribution in [3.63, 3.8) is 0 Å². The van der Waals surface area contributed by atoms with Crippen LogP contribution in [0.2, 0.25) is 0 Å². The summed E-state index contributed by atoms with van der Waals surface area (Å²) in [5, 5.41) is 3.31. The summed E-state index contributed by atoms with van der Waals surface area (Å²) in [5.74, 6) is 2.55. The Balaban J connectivity index is 0.000000217. The summed E-state index contributed by atoms with van der Waals surface area (Å²) in [4.78, 5) is 21.3. The van der Waals surface area contributed by atoms with E-state index in [2.05, 4.69) is 36.0 Å².